The van der Waals surface area contributed by atoms with Crippen LogP contribution in [0.25, 0.3) is 0 Å². The number of amides is 4. The fraction of sp³-hybridized carbons (Fsp3) is 0.773. The van der Waals surface area contributed by atoms with Crippen LogP contribution in [0.2, 0.25) is 0 Å². The zero-order chi connectivity index (χ0) is 26.4. The Labute approximate surface area is 205 Å². The Balaban J connectivity index is 5.52. The van der Waals surface area contributed by atoms with Crippen LogP contribution < -0.4 is 27.4 Å². The fourth-order valence-corrected chi connectivity index (χ4v) is 3.66. The van der Waals surface area contributed by atoms with E-state index in [1.165, 1.54) is 11.8 Å². The van der Waals surface area contributed by atoms with Crippen LogP contribution >= 0.6 is 11.8 Å². The molecule has 0 aliphatic carbocycles. The Kier molecular flexibility index (Phi) is 15.2. The number of carboxylic acids is 1. The molecular weight excluding hydrogens is 462 g/mol. The molecule has 196 valence electrons. The summed E-state index contributed by atoms with van der Waals surface area (Å²) < 4.78 is 0. The molecule has 4 amide bonds. The predicted octanol–water partition coefficient (Wildman–Crippen LogP) is -0.0365. The SMILES string of the molecule is CSCCC(NC(=O)C(CCC(N)=O)NC(=O)C(N)CC(C)C)C(=O)NC(CC(C)C)C(=O)O. The van der Waals surface area contributed by atoms with Crippen molar-refractivity contribution in [3.63, 3.8) is 0 Å². The number of hydrogen-bond donors (Lipinski definition) is 6. The number of carboxylic acid groups (broad SMARTS) is 1. The van der Waals surface area contributed by atoms with Gasteiger partial charge < -0.3 is 32.5 Å². The minimum Gasteiger partial charge on any atom is -0.480 e. The topological polar surface area (TPSA) is 194 Å². The molecule has 0 aromatic rings. The van der Waals surface area contributed by atoms with E-state index in [1.54, 1.807) is 0 Å². The molecule has 0 aromatic heterocycles. The van der Waals surface area contributed by atoms with Gasteiger partial charge in [-0.05, 0) is 49.5 Å². The average molecular weight is 504 g/mol. The van der Waals surface area contributed by atoms with Crippen LogP contribution in [0.4, 0.5) is 0 Å². The molecule has 12 heteroatoms. The van der Waals surface area contributed by atoms with E-state index in [4.69, 9.17) is 11.5 Å². The molecule has 0 aliphatic rings. The first-order valence-corrected chi connectivity index (χ1v) is 12.8. The van der Waals surface area contributed by atoms with Gasteiger partial charge in [0.25, 0.3) is 0 Å². The molecule has 8 N–H and O–H groups in total. The summed E-state index contributed by atoms with van der Waals surface area (Å²) in [5.41, 5.74) is 11.1. The predicted molar refractivity (Wildman–Crippen MR) is 132 cm³/mol. The van der Waals surface area contributed by atoms with Crippen molar-refractivity contribution in [1.82, 2.24) is 16.0 Å². The highest BCUT2D eigenvalue weighted by molar-refractivity contribution is 7.98. The molecule has 11 nitrogen and oxygen atoms in total. The number of carbonyl (C=O) groups is 5. The van der Waals surface area contributed by atoms with Gasteiger partial charge in [0.2, 0.25) is 23.6 Å². The Morgan fingerprint density at radius 3 is 1.71 bits per heavy atom. The van der Waals surface area contributed by atoms with Gasteiger partial charge in [0.15, 0.2) is 0 Å². The fourth-order valence-electron chi connectivity index (χ4n) is 3.19. The molecule has 0 heterocycles. The van der Waals surface area contributed by atoms with Crippen molar-refractivity contribution in [2.24, 2.45) is 23.3 Å². The van der Waals surface area contributed by atoms with Gasteiger partial charge in [-0.25, -0.2) is 4.79 Å². The summed E-state index contributed by atoms with van der Waals surface area (Å²) in [7, 11) is 0. The quantitative estimate of drug-likeness (QED) is 0.159. The lowest BCUT2D eigenvalue weighted by atomic mass is 10.0. The number of hydrogen-bond acceptors (Lipinski definition) is 7. The van der Waals surface area contributed by atoms with Crippen LogP contribution in [0.15, 0.2) is 0 Å². The zero-order valence-corrected chi connectivity index (χ0v) is 21.6. The average Bonchev–Trinajstić information content (AvgIpc) is 2.71. The van der Waals surface area contributed by atoms with Crippen LogP contribution in [0.3, 0.4) is 0 Å². The first-order chi connectivity index (χ1) is 15.8. The zero-order valence-electron chi connectivity index (χ0n) is 20.8. The summed E-state index contributed by atoms with van der Waals surface area (Å²) in [5, 5.41) is 17.1. The second-order valence-corrected chi connectivity index (χ2v) is 10.2. The van der Waals surface area contributed by atoms with Crippen molar-refractivity contribution in [1.29, 1.82) is 0 Å². The van der Waals surface area contributed by atoms with Gasteiger partial charge in [-0.1, -0.05) is 27.7 Å². The smallest absolute Gasteiger partial charge is 0.326 e. The summed E-state index contributed by atoms with van der Waals surface area (Å²) in [5.74, 6) is -2.95. The lowest BCUT2D eigenvalue weighted by Crippen LogP contribution is -2.57. The van der Waals surface area contributed by atoms with Gasteiger partial charge in [0.05, 0.1) is 6.04 Å². The molecule has 4 unspecified atom stereocenters. The lowest BCUT2D eigenvalue weighted by molar-refractivity contribution is -0.142. The second kappa shape index (κ2) is 16.3. The van der Waals surface area contributed by atoms with Crippen molar-refractivity contribution in [3.05, 3.63) is 0 Å². The van der Waals surface area contributed by atoms with Gasteiger partial charge in [-0.15, -0.1) is 0 Å². The molecule has 4 atom stereocenters. The summed E-state index contributed by atoms with van der Waals surface area (Å²) in [6.45, 7) is 7.49. The maximum Gasteiger partial charge on any atom is 0.326 e. The Bertz CT molecular complexity index is 703. The first-order valence-electron chi connectivity index (χ1n) is 11.4. The van der Waals surface area contributed by atoms with Gasteiger partial charge in [0.1, 0.15) is 18.1 Å². The van der Waals surface area contributed by atoms with E-state index in [1.807, 2.05) is 34.0 Å². The number of nitrogens with one attached hydrogen (secondary N) is 3. The van der Waals surface area contributed by atoms with Crippen LogP contribution in [-0.2, 0) is 24.0 Å². The van der Waals surface area contributed by atoms with Crippen LogP contribution in [0.1, 0.15) is 59.8 Å². The Hall–Kier alpha value is -2.34. The van der Waals surface area contributed by atoms with E-state index >= 15 is 0 Å². The van der Waals surface area contributed by atoms with Gasteiger partial charge in [-0.3, -0.25) is 19.2 Å². The largest absolute Gasteiger partial charge is 0.480 e. The molecule has 0 bridgehead atoms. The number of carbonyl (C=O) groups excluding carboxylic acids is 4. The van der Waals surface area contributed by atoms with Crippen LogP contribution in [-0.4, -0.2) is 70.9 Å². The van der Waals surface area contributed by atoms with E-state index in [-0.39, 0.29) is 37.5 Å². The number of rotatable bonds is 17. The number of primary amides is 1. The summed E-state index contributed by atoms with van der Waals surface area (Å²) in [4.78, 5) is 61.1. The summed E-state index contributed by atoms with van der Waals surface area (Å²) in [6, 6.07) is -4.09. The van der Waals surface area contributed by atoms with E-state index < -0.39 is 53.8 Å². The second-order valence-electron chi connectivity index (χ2n) is 9.17. The third-order valence-electron chi connectivity index (χ3n) is 4.94. The monoisotopic (exact) mass is 503 g/mol. The minimum atomic E-state index is -1.16. The molecule has 0 rings (SSSR count). The highest BCUT2D eigenvalue weighted by Gasteiger charge is 2.30. The normalized spacial score (nSPS) is 14.7. The van der Waals surface area contributed by atoms with Crippen LogP contribution in [0, 0.1) is 11.8 Å². The number of thioether (sulfide) groups is 1. The van der Waals surface area contributed by atoms with Gasteiger partial charge in [-0.2, -0.15) is 11.8 Å². The molecule has 0 spiro atoms. The highest BCUT2D eigenvalue weighted by atomic mass is 32.2. The first kappa shape index (κ1) is 31.7. The van der Waals surface area contributed by atoms with Crippen molar-refractivity contribution in [2.45, 2.75) is 84.0 Å². The van der Waals surface area contributed by atoms with Crippen LogP contribution in [0.5, 0.6) is 0 Å². The van der Waals surface area contributed by atoms with Crippen molar-refractivity contribution < 1.29 is 29.1 Å². The molecule has 0 aromatic carbocycles. The van der Waals surface area contributed by atoms with Crippen molar-refractivity contribution in [3.8, 4) is 0 Å². The molecule has 0 fully saturated rings. The third-order valence-corrected chi connectivity index (χ3v) is 5.58. The molecular formula is C22H41N5O6S. The lowest BCUT2D eigenvalue weighted by Gasteiger charge is -2.25. The summed E-state index contributed by atoms with van der Waals surface area (Å²) in [6.07, 6.45) is 2.49. The third kappa shape index (κ3) is 13.4. The minimum absolute atomic E-state index is 0.0316. The molecule has 0 saturated carbocycles. The van der Waals surface area contributed by atoms with Crippen molar-refractivity contribution in [2.75, 3.05) is 12.0 Å². The van der Waals surface area contributed by atoms with Gasteiger partial charge in [0, 0.05) is 6.42 Å². The van der Waals surface area contributed by atoms with E-state index in [2.05, 4.69) is 16.0 Å². The standard InChI is InChI=1S/C22H41N5O6S/c1-12(2)10-14(23)19(29)25-15(6-7-18(24)28)20(30)26-16(8-9-34-5)21(31)27-17(22(32)33)11-13(3)4/h12-17H,6-11,23H2,1-5H3,(H2,24,28)(H,25,29)(H,26,30)(H,27,31)(H,32,33). The van der Waals surface area contributed by atoms with Crippen molar-refractivity contribution >= 4 is 41.4 Å². The molecule has 0 aliphatic heterocycles. The molecule has 0 radical (unpaired) electrons. The summed E-state index contributed by atoms with van der Waals surface area (Å²) >= 11 is 1.46. The number of aliphatic carboxylic acids is 1. The maximum atomic E-state index is 13.0. The highest BCUT2D eigenvalue weighted by Crippen LogP contribution is 2.09. The van der Waals surface area contributed by atoms with E-state index in [0.29, 0.717) is 12.2 Å². The number of nitrogens with two attached hydrogens (primary N) is 2. The van der Waals surface area contributed by atoms with E-state index in [9.17, 15) is 29.1 Å². The molecule has 0 saturated heterocycles. The van der Waals surface area contributed by atoms with E-state index in [0.717, 1.165) is 0 Å². The maximum absolute atomic E-state index is 13.0. The molecule has 34 heavy (non-hydrogen) atoms. The Morgan fingerprint density at radius 2 is 1.26 bits per heavy atom. The Morgan fingerprint density at radius 1 is 0.794 bits per heavy atom. The van der Waals surface area contributed by atoms with Gasteiger partial charge >= 0.3 is 5.97 Å².